The number of nitrogens with one attached hydrogen (secondary N) is 2. The quantitative estimate of drug-likeness (QED) is 0.586. The minimum Gasteiger partial charge on any atom is -0.340 e. The normalized spacial score (nSPS) is 11.2. The van der Waals surface area contributed by atoms with Gasteiger partial charge in [-0.15, -0.1) is 0 Å². The highest BCUT2D eigenvalue weighted by Gasteiger charge is 2.30. The van der Waals surface area contributed by atoms with Crippen molar-refractivity contribution >= 4 is 23.1 Å². The van der Waals surface area contributed by atoms with Crippen LogP contribution in [-0.4, -0.2) is 10.9 Å². The molecule has 0 spiro atoms. The van der Waals surface area contributed by atoms with Crippen molar-refractivity contribution in [2.24, 2.45) is 0 Å². The van der Waals surface area contributed by atoms with Gasteiger partial charge in [0.2, 0.25) is 0 Å². The fraction of sp³-hybridized carbons (Fsp3) is 0.0526. The van der Waals surface area contributed by atoms with Gasteiger partial charge in [0.1, 0.15) is 5.82 Å². The number of hydrogen-bond acceptors (Lipinski definition) is 3. The Labute approximate surface area is 156 Å². The van der Waals surface area contributed by atoms with Crippen LogP contribution in [0.5, 0.6) is 0 Å². The van der Waals surface area contributed by atoms with Crippen molar-refractivity contribution in [3.8, 4) is 0 Å². The Morgan fingerprint density at radius 2 is 1.68 bits per heavy atom. The molecule has 1 heterocycles. The van der Waals surface area contributed by atoms with Gasteiger partial charge in [0.25, 0.3) is 5.91 Å². The number of nitrogens with zero attached hydrogens (tertiary/aromatic N) is 1. The van der Waals surface area contributed by atoms with Gasteiger partial charge >= 0.3 is 6.18 Å². The highest BCUT2D eigenvalue weighted by molar-refractivity contribution is 6.04. The predicted octanol–water partition coefficient (Wildman–Crippen LogP) is 5.37. The molecule has 0 aliphatic heterocycles. The van der Waals surface area contributed by atoms with Crippen LogP contribution in [-0.2, 0) is 6.18 Å². The summed E-state index contributed by atoms with van der Waals surface area (Å²) in [6, 6.07) is 10.3. The molecular weight excluding hydrogens is 381 g/mol. The first kappa shape index (κ1) is 19.3. The number of rotatable bonds is 4. The van der Waals surface area contributed by atoms with Crippen molar-refractivity contribution < 1.29 is 26.7 Å². The van der Waals surface area contributed by atoms with Gasteiger partial charge in [0, 0.05) is 23.6 Å². The molecule has 4 nitrogen and oxygen atoms in total. The topological polar surface area (TPSA) is 54.0 Å². The molecule has 0 saturated heterocycles. The van der Waals surface area contributed by atoms with Crippen LogP contribution in [0.4, 0.5) is 39.1 Å². The van der Waals surface area contributed by atoms with Gasteiger partial charge in [-0.1, -0.05) is 6.07 Å². The molecule has 0 atom stereocenters. The van der Waals surface area contributed by atoms with E-state index in [0.29, 0.717) is 0 Å². The van der Waals surface area contributed by atoms with E-state index in [2.05, 4.69) is 15.6 Å². The fourth-order valence-corrected chi connectivity index (χ4v) is 2.30. The first-order valence-corrected chi connectivity index (χ1v) is 7.89. The number of pyridine rings is 1. The van der Waals surface area contributed by atoms with Crippen LogP contribution >= 0.6 is 0 Å². The molecule has 144 valence electrons. The summed E-state index contributed by atoms with van der Waals surface area (Å²) >= 11 is 0. The Morgan fingerprint density at radius 1 is 0.893 bits per heavy atom. The zero-order valence-corrected chi connectivity index (χ0v) is 14.0. The number of hydrogen-bond donors (Lipinski definition) is 2. The van der Waals surface area contributed by atoms with Crippen molar-refractivity contribution in [3.63, 3.8) is 0 Å². The van der Waals surface area contributed by atoms with E-state index < -0.39 is 29.3 Å². The largest absolute Gasteiger partial charge is 0.416 e. The Morgan fingerprint density at radius 3 is 2.32 bits per heavy atom. The van der Waals surface area contributed by atoms with E-state index in [4.69, 9.17) is 0 Å². The lowest BCUT2D eigenvalue weighted by Crippen LogP contribution is -2.12. The van der Waals surface area contributed by atoms with Crippen LogP contribution in [0.3, 0.4) is 0 Å². The Kier molecular flexibility index (Phi) is 5.25. The van der Waals surface area contributed by atoms with Crippen LogP contribution in [0.1, 0.15) is 15.9 Å². The van der Waals surface area contributed by atoms with Crippen molar-refractivity contribution in [1.29, 1.82) is 0 Å². The number of alkyl halides is 3. The summed E-state index contributed by atoms with van der Waals surface area (Å²) in [4.78, 5) is 16.1. The van der Waals surface area contributed by atoms with Crippen LogP contribution in [0, 0.1) is 11.6 Å². The summed E-state index contributed by atoms with van der Waals surface area (Å²) in [5, 5.41) is 5.10. The number of benzene rings is 2. The highest BCUT2D eigenvalue weighted by Crippen LogP contribution is 2.31. The molecule has 2 N–H and O–H groups in total. The minimum atomic E-state index is -4.47. The van der Waals surface area contributed by atoms with E-state index in [1.165, 1.54) is 36.5 Å². The molecule has 1 amide bonds. The molecule has 0 fully saturated rings. The molecule has 9 heteroatoms. The summed E-state index contributed by atoms with van der Waals surface area (Å²) in [7, 11) is 0. The second kappa shape index (κ2) is 7.63. The highest BCUT2D eigenvalue weighted by atomic mass is 19.4. The SMILES string of the molecule is O=C(Nc1ccc(F)c(F)c1)c1ccc(Nc2cccc(C(F)(F)F)c2)nc1. The third-order valence-corrected chi connectivity index (χ3v) is 3.67. The van der Waals surface area contributed by atoms with E-state index in [1.54, 1.807) is 0 Å². The Balaban J connectivity index is 1.69. The molecule has 2 aromatic carbocycles. The summed E-state index contributed by atoms with van der Waals surface area (Å²) in [6.07, 6.45) is -3.27. The van der Waals surface area contributed by atoms with Crippen molar-refractivity contribution in [2.75, 3.05) is 10.6 Å². The molecule has 0 saturated carbocycles. The lowest BCUT2D eigenvalue weighted by Gasteiger charge is -2.10. The van der Waals surface area contributed by atoms with Crippen molar-refractivity contribution in [2.45, 2.75) is 6.18 Å². The summed E-state index contributed by atoms with van der Waals surface area (Å²) < 4.78 is 64.3. The fourth-order valence-electron chi connectivity index (χ4n) is 2.30. The second-order valence-corrected chi connectivity index (χ2v) is 5.72. The van der Waals surface area contributed by atoms with E-state index in [9.17, 15) is 26.7 Å². The van der Waals surface area contributed by atoms with Crippen molar-refractivity contribution in [1.82, 2.24) is 4.98 Å². The molecular formula is C19H12F5N3O. The van der Waals surface area contributed by atoms with Gasteiger partial charge in [-0.2, -0.15) is 13.2 Å². The summed E-state index contributed by atoms with van der Waals surface area (Å²) in [6.45, 7) is 0. The molecule has 0 aliphatic carbocycles. The van der Waals surface area contributed by atoms with Crippen LogP contribution < -0.4 is 10.6 Å². The van der Waals surface area contributed by atoms with Crippen molar-refractivity contribution in [3.05, 3.63) is 83.6 Å². The first-order chi connectivity index (χ1) is 13.2. The third kappa shape index (κ3) is 4.61. The van der Waals surface area contributed by atoms with E-state index in [-0.39, 0.29) is 22.8 Å². The molecule has 28 heavy (non-hydrogen) atoms. The molecule has 0 aliphatic rings. The monoisotopic (exact) mass is 393 g/mol. The first-order valence-electron chi connectivity index (χ1n) is 7.89. The average molecular weight is 393 g/mol. The van der Waals surface area contributed by atoms with E-state index >= 15 is 0 Å². The molecule has 0 unspecified atom stereocenters. The number of amides is 1. The standard InChI is InChI=1S/C19H12F5N3O/c20-15-6-5-14(9-16(15)21)27-18(28)11-4-7-17(25-10-11)26-13-3-1-2-12(8-13)19(22,23)24/h1-10H,(H,25,26)(H,27,28). The number of carbonyl (C=O) groups excluding carboxylic acids is 1. The average Bonchev–Trinajstić information content (AvgIpc) is 2.65. The summed E-state index contributed by atoms with van der Waals surface area (Å²) in [5.41, 5.74) is -0.435. The van der Waals surface area contributed by atoms with Gasteiger partial charge in [0.05, 0.1) is 11.1 Å². The van der Waals surface area contributed by atoms with E-state index in [0.717, 1.165) is 24.3 Å². The van der Waals surface area contributed by atoms with E-state index in [1.807, 2.05) is 0 Å². The van der Waals surface area contributed by atoms with Crippen LogP contribution in [0.15, 0.2) is 60.8 Å². The number of aromatic nitrogens is 1. The number of halogens is 5. The molecule has 0 bridgehead atoms. The number of carbonyl (C=O) groups is 1. The summed E-state index contributed by atoms with van der Waals surface area (Å²) in [5.74, 6) is -2.52. The Hall–Kier alpha value is -3.49. The molecule has 1 aromatic heterocycles. The maximum Gasteiger partial charge on any atom is 0.416 e. The lowest BCUT2D eigenvalue weighted by atomic mass is 10.2. The molecule has 3 rings (SSSR count). The zero-order valence-electron chi connectivity index (χ0n) is 14.0. The van der Waals surface area contributed by atoms with Gasteiger partial charge in [0.15, 0.2) is 11.6 Å². The smallest absolute Gasteiger partial charge is 0.340 e. The third-order valence-electron chi connectivity index (χ3n) is 3.67. The van der Waals surface area contributed by atoms with Gasteiger partial charge in [-0.3, -0.25) is 4.79 Å². The maximum atomic E-state index is 13.2. The van der Waals surface area contributed by atoms with Gasteiger partial charge < -0.3 is 10.6 Å². The second-order valence-electron chi connectivity index (χ2n) is 5.72. The zero-order chi connectivity index (χ0) is 20.3. The number of anilines is 3. The Bertz CT molecular complexity index is 1000. The minimum absolute atomic E-state index is 0.0649. The van der Waals surface area contributed by atoms with Gasteiger partial charge in [-0.25, -0.2) is 13.8 Å². The van der Waals surface area contributed by atoms with Crippen LogP contribution in [0.25, 0.3) is 0 Å². The predicted molar refractivity (Wildman–Crippen MR) is 93.3 cm³/mol. The van der Waals surface area contributed by atoms with Crippen LogP contribution in [0.2, 0.25) is 0 Å². The van der Waals surface area contributed by atoms with Gasteiger partial charge in [-0.05, 0) is 42.5 Å². The molecule has 0 radical (unpaired) electrons. The lowest BCUT2D eigenvalue weighted by molar-refractivity contribution is -0.137. The molecule has 3 aromatic rings. The maximum absolute atomic E-state index is 13.2.